The zero-order valence-electron chi connectivity index (χ0n) is 36.6. The minimum Gasteiger partial charge on any atom is -0.208 e. The maximum absolute atomic E-state index is 9.40. The number of nitrogens with zero attached hydrogens (tertiary/aromatic N) is 3. The third kappa shape index (κ3) is 5.48. The van der Waals surface area contributed by atoms with E-state index in [0.717, 1.165) is 33.6 Å². The van der Waals surface area contributed by atoms with E-state index in [4.69, 9.17) is 28.7 Å². The summed E-state index contributed by atoms with van der Waals surface area (Å²) in [4.78, 5) is 14.8. The number of hydrogen-bond acceptors (Lipinski definition) is 4. The summed E-state index contributed by atoms with van der Waals surface area (Å²) < 4.78 is 97.3. The number of benzene rings is 7. The van der Waals surface area contributed by atoms with Gasteiger partial charge in [0.25, 0.3) is 0 Å². The van der Waals surface area contributed by atoms with Crippen LogP contribution >= 0.6 is 11.3 Å². The van der Waals surface area contributed by atoms with Crippen molar-refractivity contribution in [2.24, 2.45) is 0 Å². The fraction of sp³-hybridized carbons (Fsp3) is 0. The molecule has 0 aliphatic carbocycles. The highest BCUT2D eigenvalue weighted by molar-refractivity contribution is 7.26. The highest BCUT2D eigenvalue weighted by Crippen LogP contribution is 2.44. The first-order valence-corrected chi connectivity index (χ1v) is 16.3. The van der Waals surface area contributed by atoms with Crippen LogP contribution in [0.25, 0.3) is 87.7 Å². The third-order valence-corrected chi connectivity index (χ3v) is 9.24. The molecule has 0 saturated heterocycles. The molecule has 0 amide bonds. The minimum absolute atomic E-state index is 0.0262. The Hall–Kier alpha value is -6.23. The molecule has 4 heteroatoms. The summed E-state index contributed by atoms with van der Waals surface area (Å²) in [5.41, 5.74) is 4.42. The van der Waals surface area contributed by atoms with Crippen molar-refractivity contribution < 1.29 is 15.1 Å². The standard InChI is InChI=1S/C45H29N3S/c1-4-13-30(14-5-1)32-25-27-34(28-26-32)43-46-44(36-20-10-19-35(29-36)31-15-6-2-7-16-31)48-45(47-43)38-22-12-24-40-42(38)41-37(21-11-23-39(41)49-40)33-17-8-3-9-18-33/h1-29H/i3D,8D,9D,11D,12D,17D,18D,21D,22D,23D,24D. The van der Waals surface area contributed by atoms with Crippen LogP contribution in [0.5, 0.6) is 0 Å². The van der Waals surface area contributed by atoms with Crippen LogP contribution in [0.2, 0.25) is 0 Å². The van der Waals surface area contributed by atoms with Gasteiger partial charge >= 0.3 is 0 Å². The molecule has 7 aromatic carbocycles. The second-order valence-electron chi connectivity index (χ2n) is 11.2. The van der Waals surface area contributed by atoms with Gasteiger partial charge in [-0.2, -0.15) is 0 Å². The summed E-state index contributed by atoms with van der Waals surface area (Å²) >= 11 is 0.896. The smallest absolute Gasteiger partial charge is 0.164 e. The molecule has 0 spiro atoms. The fourth-order valence-corrected chi connectivity index (χ4v) is 6.92. The molecule has 0 radical (unpaired) electrons. The van der Waals surface area contributed by atoms with Crippen LogP contribution in [0.4, 0.5) is 0 Å². The Balaban J connectivity index is 1.39. The Morgan fingerprint density at radius 3 is 1.57 bits per heavy atom. The lowest BCUT2D eigenvalue weighted by Crippen LogP contribution is -2.00. The molecule has 0 unspecified atom stereocenters. The summed E-state index contributed by atoms with van der Waals surface area (Å²) in [6.07, 6.45) is 0. The van der Waals surface area contributed by atoms with Gasteiger partial charge in [0, 0.05) is 36.9 Å². The van der Waals surface area contributed by atoms with Crippen LogP contribution in [-0.2, 0) is 0 Å². The Labute approximate surface area is 304 Å². The number of thiophene rings is 1. The lowest BCUT2D eigenvalue weighted by molar-refractivity contribution is 1.08. The van der Waals surface area contributed by atoms with Gasteiger partial charge in [0.2, 0.25) is 0 Å². The second-order valence-corrected chi connectivity index (χ2v) is 12.2. The molecule has 230 valence electrons. The van der Waals surface area contributed by atoms with E-state index >= 15 is 0 Å². The van der Waals surface area contributed by atoms with Gasteiger partial charge in [-0.3, -0.25) is 0 Å². The molecule has 9 rings (SSSR count). The number of aromatic nitrogens is 3. The highest BCUT2D eigenvalue weighted by Gasteiger charge is 2.19. The predicted octanol–water partition coefficient (Wildman–Crippen LogP) is 12.2. The minimum atomic E-state index is -0.654. The van der Waals surface area contributed by atoms with E-state index in [2.05, 4.69) is 0 Å². The van der Waals surface area contributed by atoms with Gasteiger partial charge in [-0.25, -0.2) is 15.0 Å². The number of hydrogen-bond donors (Lipinski definition) is 0. The van der Waals surface area contributed by atoms with Crippen molar-refractivity contribution in [3.63, 3.8) is 0 Å². The first kappa shape index (κ1) is 19.6. The van der Waals surface area contributed by atoms with Crippen molar-refractivity contribution in [3.8, 4) is 67.5 Å². The summed E-state index contributed by atoms with van der Waals surface area (Å²) in [6.45, 7) is 0. The topological polar surface area (TPSA) is 38.7 Å². The van der Waals surface area contributed by atoms with Gasteiger partial charge in [-0.05, 0) is 51.5 Å². The summed E-state index contributed by atoms with van der Waals surface area (Å²) in [5.74, 6) is 0.403. The zero-order chi connectivity index (χ0) is 42.1. The molecule has 0 aliphatic heterocycles. The molecule has 0 fully saturated rings. The SMILES string of the molecule is [2H]c1c([2H])c([2H])c(-c2c([2H])c([2H])c([2H])c3sc4c([2H])c([2H])c([2H])c(-c5nc(-c6ccc(-c7ccccc7)cc6)nc(-c6cccc(-c7ccccc7)c6)n5)c4c23)c([2H])c1[2H]. The van der Waals surface area contributed by atoms with Crippen molar-refractivity contribution in [2.45, 2.75) is 0 Å². The maximum atomic E-state index is 9.40. The normalized spacial score (nSPS) is 14.4. The molecule has 2 heterocycles. The van der Waals surface area contributed by atoms with Crippen molar-refractivity contribution in [1.29, 1.82) is 0 Å². The van der Waals surface area contributed by atoms with E-state index in [1.807, 2.05) is 109 Å². The summed E-state index contributed by atoms with van der Waals surface area (Å²) in [6, 6.07) is 28.9. The van der Waals surface area contributed by atoms with Crippen LogP contribution in [-0.4, -0.2) is 15.0 Å². The fourth-order valence-electron chi connectivity index (χ4n) is 5.90. The van der Waals surface area contributed by atoms with Crippen molar-refractivity contribution in [1.82, 2.24) is 15.0 Å². The zero-order valence-corrected chi connectivity index (χ0v) is 26.5. The third-order valence-electron chi connectivity index (χ3n) is 8.22. The van der Waals surface area contributed by atoms with Gasteiger partial charge in [0.15, 0.2) is 17.5 Å². The molecule has 0 saturated carbocycles. The largest absolute Gasteiger partial charge is 0.208 e. The highest BCUT2D eigenvalue weighted by atomic mass is 32.1. The Morgan fingerprint density at radius 1 is 0.367 bits per heavy atom. The van der Waals surface area contributed by atoms with E-state index < -0.39 is 54.4 Å². The van der Waals surface area contributed by atoms with E-state index in [-0.39, 0.29) is 66.4 Å². The van der Waals surface area contributed by atoms with Crippen LogP contribution in [0.15, 0.2) is 176 Å². The van der Waals surface area contributed by atoms with Crippen LogP contribution in [0.1, 0.15) is 15.1 Å². The first-order valence-electron chi connectivity index (χ1n) is 21.0. The van der Waals surface area contributed by atoms with Gasteiger partial charge in [0.05, 0.1) is 15.1 Å². The van der Waals surface area contributed by atoms with Crippen molar-refractivity contribution in [3.05, 3.63) is 176 Å². The average molecular weight is 655 g/mol. The maximum Gasteiger partial charge on any atom is 0.164 e. The lowest BCUT2D eigenvalue weighted by Gasteiger charge is -2.12. The molecular formula is C45H29N3S. The van der Waals surface area contributed by atoms with E-state index in [9.17, 15) is 1.37 Å². The molecule has 3 nitrogen and oxygen atoms in total. The molecule has 9 aromatic rings. The van der Waals surface area contributed by atoms with Crippen molar-refractivity contribution in [2.75, 3.05) is 0 Å². The van der Waals surface area contributed by atoms with E-state index in [1.165, 1.54) is 0 Å². The molecular weight excluding hydrogens is 615 g/mol. The Morgan fingerprint density at radius 2 is 0.878 bits per heavy atom. The molecule has 2 aromatic heterocycles. The van der Waals surface area contributed by atoms with Gasteiger partial charge in [-0.15, -0.1) is 11.3 Å². The van der Waals surface area contributed by atoms with Gasteiger partial charge < -0.3 is 0 Å². The second kappa shape index (κ2) is 12.4. The van der Waals surface area contributed by atoms with E-state index in [1.54, 1.807) is 0 Å². The summed E-state index contributed by atoms with van der Waals surface area (Å²) in [7, 11) is 0. The monoisotopic (exact) mass is 654 g/mol. The first-order chi connectivity index (χ1) is 28.8. The number of fused-ring (bicyclic) bond motifs is 3. The number of rotatable bonds is 6. The predicted molar refractivity (Wildman–Crippen MR) is 205 cm³/mol. The quantitative estimate of drug-likeness (QED) is 0.179. The van der Waals surface area contributed by atoms with Gasteiger partial charge in [0.1, 0.15) is 0 Å². The van der Waals surface area contributed by atoms with Crippen molar-refractivity contribution >= 4 is 31.5 Å². The van der Waals surface area contributed by atoms with Crippen LogP contribution in [0, 0.1) is 0 Å². The summed E-state index contributed by atoms with van der Waals surface area (Å²) in [5, 5.41) is 0.115. The Bertz CT molecular complexity index is 3180. The average Bonchev–Trinajstić information content (AvgIpc) is 3.68. The van der Waals surface area contributed by atoms with E-state index in [0.29, 0.717) is 11.1 Å². The van der Waals surface area contributed by atoms with Crippen LogP contribution < -0.4 is 0 Å². The molecule has 0 N–H and O–H groups in total. The molecule has 0 aliphatic rings. The van der Waals surface area contributed by atoms with Gasteiger partial charge in [-0.1, -0.05) is 158 Å². The lowest BCUT2D eigenvalue weighted by atomic mass is 9.97. The Kier molecular flexibility index (Phi) is 4.96. The molecule has 49 heavy (non-hydrogen) atoms. The molecule has 0 atom stereocenters. The molecule has 0 bridgehead atoms. The van der Waals surface area contributed by atoms with Crippen LogP contribution in [0.3, 0.4) is 0 Å².